The van der Waals surface area contributed by atoms with Gasteiger partial charge in [0, 0.05) is 12.5 Å². The lowest BCUT2D eigenvalue weighted by Gasteiger charge is -2.05. The van der Waals surface area contributed by atoms with Crippen LogP contribution < -0.4 is 0 Å². The van der Waals surface area contributed by atoms with Crippen LogP contribution in [0.15, 0.2) is 12.7 Å². The Labute approximate surface area is 144 Å². The second-order valence-corrected chi connectivity index (χ2v) is 6.33. The molecule has 0 spiro atoms. The molecule has 5 heteroatoms. The Kier molecular flexibility index (Phi) is 14.9. The van der Waals surface area contributed by atoms with E-state index in [2.05, 4.69) is 6.58 Å². The molecule has 0 unspecified atom stereocenters. The Morgan fingerprint density at radius 1 is 0.750 bits per heavy atom. The van der Waals surface area contributed by atoms with Gasteiger partial charge in [-0.15, -0.1) is 0 Å². The number of hydrogen-bond donors (Lipinski definition) is 0. The van der Waals surface area contributed by atoms with Crippen LogP contribution >= 0.6 is 0 Å². The first-order chi connectivity index (χ1) is 11.5. The highest BCUT2D eigenvalue weighted by molar-refractivity contribution is 5.81. The summed E-state index contributed by atoms with van der Waals surface area (Å²) in [4.78, 5) is 10.8. The minimum atomic E-state index is -3.99. The fourth-order valence-electron chi connectivity index (χ4n) is 2.60. The highest BCUT2D eigenvalue weighted by Gasteiger charge is 2.25. The maximum Gasteiger partial charge on any atom is 0.389 e. The van der Waals surface area contributed by atoms with Crippen molar-refractivity contribution in [3.05, 3.63) is 12.7 Å². The van der Waals surface area contributed by atoms with Crippen LogP contribution in [0.3, 0.4) is 0 Å². The van der Waals surface area contributed by atoms with E-state index in [1.807, 2.05) is 0 Å². The van der Waals surface area contributed by atoms with Crippen LogP contribution in [-0.2, 0) is 9.53 Å². The van der Waals surface area contributed by atoms with E-state index in [0.29, 0.717) is 13.0 Å². The molecule has 24 heavy (non-hydrogen) atoms. The Balaban J connectivity index is 3.08. The van der Waals surface area contributed by atoms with Crippen molar-refractivity contribution < 1.29 is 22.7 Å². The fourth-order valence-corrected chi connectivity index (χ4v) is 2.60. The molecule has 0 rings (SSSR count). The summed E-state index contributed by atoms with van der Waals surface area (Å²) in [6.45, 7) is 3.82. The number of unbranched alkanes of at least 4 members (excludes halogenated alkanes) is 12. The molecule has 0 aromatic carbocycles. The zero-order chi connectivity index (χ0) is 18.1. The second kappa shape index (κ2) is 15.5. The van der Waals surface area contributed by atoms with Gasteiger partial charge in [0.05, 0.1) is 6.61 Å². The third-order valence-electron chi connectivity index (χ3n) is 4.02. The van der Waals surface area contributed by atoms with Crippen LogP contribution in [0, 0.1) is 0 Å². The Bertz CT molecular complexity index is 314. The van der Waals surface area contributed by atoms with Gasteiger partial charge in [0.25, 0.3) is 0 Å². The minimum Gasteiger partial charge on any atom is -0.463 e. The van der Waals surface area contributed by atoms with Crippen LogP contribution in [0.1, 0.15) is 89.9 Å². The number of carbonyl (C=O) groups excluding carboxylic acids is 1. The zero-order valence-corrected chi connectivity index (χ0v) is 14.8. The van der Waals surface area contributed by atoms with Crippen LogP contribution in [0.2, 0.25) is 0 Å². The zero-order valence-electron chi connectivity index (χ0n) is 14.8. The van der Waals surface area contributed by atoms with Crippen LogP contribution in [0.25, 0.3) is 0 Å². The Hall–Kier alpha value is -1.00. The van der Waals surface area contributed by atoms with Gasteiger partial charge in [-0.3, -0.25) is 0 Å². The molecule has 0 aromatic rings. The van der Waals surface area contributed by atoms with Gasteiger partial charge < -0.3 is 4.74 Å². The first-order valence-electron chi connectivity index (χ1n) is 9.31. The van der Waals surface area contributed by atoms with Crippen molar-refractivity contribution in [2.45, 2.75) is 96.1 Å². The highest BCUT2D eigenvalue weighted by Crippen LogP contribution is 2.23. The van der Waals surface area contributed by atoms with Crippen LogP contribution in [0.4, 0.5) is 13.2 Å². The van der Waals surface area contributed by atoms with Crippen LogP contribution in [-0.4, -0.2) is 18.8 Å². The van der Waals surface area contributed by atoms with E-state index in [-0.39, 0.29) is 12.4 Å². The maximum atomic E-state index is 11.9. The number of carbonyl (C=O) groups is 1. The van der Waals surface area contributed by atoms with Gasteiger partial charge in [-0.2, -0.15) is 13.2 Å². The molecule has 0 saturated heterocycles. The molecule has 0 heterocycles. The van der Waals surface area contributed by atoms with Crippen molar-refractivity contribution in [1.29, 1.82) is 0 Å². The van der Waals surface area contributed by atoms with Crippen molar-refractivity contribution in [2.24, 2.45) is 0 Å². The van der Waals surface area contributed by atoms with E-state index >= 15 is 0 Å². The SMILES string of the molecule is C=CC(=O)OCCCCCCCCCCCCCCCC(F)(F)F. The number of esters is 1. The Morgan fingerprint density at radius 2 is 1.12 bits per heavy atom. The predicted octanol–water partition coefficient (Wildman–Crippen LogP) is 6.74. The monoisotopic (exact) mass is 350 g/mol. The average molecular weight is 350 g/mol. The van der Waals surface area contributed by atoms with Gasteiger partial charge >= 0.3 is 12.1 Å². The standard InChI is InChI=1S/C19H33F3O2/c1-2-18(23)24-17-15-13-11-9-7-5-3-4-6-8-10-12-14-16-19(20,21)22/h2H,1,3-17H2. The van der Waals surface area contributed by atoms with Crippen molar-refractivity contribution in [1.82, 2.24) is 0 Å². The average Bonchev–Trinajstić information content (AvgIpc) is 2.53. The van der Waals surface area contributed by atoms with E-state index in [4.69, 9.17) is 4.74 Å². The predicted molar refractivity (Wildman–Crippen MR) is 91.8 cm³/mol. The first kappa shape index (κ1) is 23.0. The molecule has 2 nitrogen and oxygen atoms in total. The number of ether oxygens (including phenoxy) is 1. The topological polar surface area (TPSA) is 26.3 Å². The molecule has 0 bridgehead atoms. The summed E-state index contributed by atoms with van der Waals surface area (Å²) in [6, 6.07) is 0. The molecule has 0 aliphatic heterocycles. The summed E-state index contributed by atoms with van der Waals surface area (Å²) >= 11 is 0. The van der Waals surface area contributed by atoms with E-state index in [1.54, 1.807) is 0 Å². The molecular weight excluding hydrogens is 317 g/mol. The van der Waals surface area contributed by atoms with E-state index in [9.17, 15) is 18.0 Å². The highest BCUT2D eigenvalue weighted by atomic mass is 19.4. The van der Waals surface area contributed by atoms with E-state index in [1.165, 1.54) is 44.6 Å². The molecule has 0 fully saturated rings. The second-order valence-electron chi connectivity index (χ2n) is 6.33. The van der Waals surface area contributed by atoms with Gasteiger partial charge in [0.1, 0.15) is 0 Å². The van der Waals surface area contributed by atoms with Gasteiger partial charge in [-0.05, 0) is 12.8 Å². The van der Waals surface area contributed by atoms with E-state index < -0.39 is 12.6 Å². The summed E-state index contributed by atoms with van der Waals surface area (Å²) in [6.07, 6.45) is 9.91. The molecule has 0 aliphatic rings. The maximum absolute atomic E-state index is 11.9. The van der Waals surface area contributed by atoms with Crippen molar-refractivity contribution in [3.63, 3.8) is 0 Å². The molecule has 0 N–H and O–H groups in total. The van der Waals surface area contributed by atoms with Crippen molar-refractivity contribution >= 4 is 5.97 Å². The fraction of sp³-hybridized carbons (Fsp3) is 0.842. The lowest BCUT2D eigenvalue weighted by molar-refractivity contribution is -0.138. The van der Waals surface area contributed by atoms with Crippen LogP contribution in [0.5, 0.6) is 0 Å². The van der Waals surface area contributed by atoms with E-state index in [0.717, 1.165) is 32.1 Å². The molecule has 142 valence electrons. The lowest BCUT2D eigenvalue weighted by atomic mass is 10.0. The van der Waals surface area contributed by atoms with Gasteiger partial charge in [0.2, 0.25) is 0 Å². The molecule has 0 aliphatic carbocycles. The largest absolute Gasteiger partial charge is 0.463 e. The third-order valence-corrected chi connectivity index (χ3v) is 4.02. The molecule has 0 amide bonds. The Morgan fingerprint density at radius 3 is 1.50 bits per heavy atom. The smallest absolute Gasteiger partial charge is 0.389 e. The summed E-state index contributed by atoms with van der Waals surface area (Å²) in [5.41, 5.74) is 0. The molecule has 0 aromatic heterocycles. The van der Waals surface area contributed by atoms with Gasteiger partial charge in [-0.25, -0.2) is 4.79 Å². The summed E-state index contributed by atoms with van der Waals surface area (Å²) in [7, 11) is 0. The molecule has 0 atom stereocenters. The summed E-state index contributed by atoms with van der Waals surface area (Å²) < 4.78 is 40.7. The number of alkyl halides is 3. The number of hydrogen-bond acceptors (Lipinski definition) is 2. The minimum absolute atomic E-state index is 0.274. The van der Waals surface area contributed by atoms with Crippen molar-refractivity contribution in [3.8, 4) is 0 Å². The number of halogens is 3. The summed E-state index contributed by atoms with van der Waals surface area (Å²) in [5, 5.41) is 0. The molecular formula is C19H33F3O2. The quantitative estimate of drug-likeness (QED) is 0.175. The number of rotatable bonds is 16. The third kappa shape index (κ3) is 19.0. The molecule has 0 radical (unpaired) electrons. The van der Waals surface area contributed by atoms with Gasteiger partial charge in [0.15, 0.2) is 0 Å². The van der Waals surface area contributed by atoms with Gasteiger partial charge in [-0.1, -0.05) is 77.2 Å². The normalized spacial score (nSPS) is 11.5. The van der Waals surface area contributed by atoms with Crippen molar-refractivity contribution in [2.75, 3.05) is 6.61 Å². The first-order valence-corrected chi connectivity index (χ1v) is 9.31. The lowest BCUT2D eigenvalue weighted by Crippen LogP contribution is -2.06. The molecule has 0 saturated carbocycles. The summed E-state index contributed by atoms with van der Waals surface area (Å²) in [5.74, 6) is -0.352.